The van der Waals surface area contributed by atoms with Crippen LogP contribution < -0.4 is 25.3 Å². The number of rotatable bonds is 6. The first kappa shape index (κ1) is 16.3. The highest BCUT2D eigenvalue weighted by Crippen LogP contribution is 2.26. The van der Waals surface area contributed by atoms with Crippen molar-refractivity contribution in [3.05, 3.63) is 30.0 Å². The lowest BCUT2D eigenvalue weighted by Crippen LogP contribution is -2.16. The topological polar surface area (TPSA) is 109 Å². The van der Waals surface area contributed by atoms with E-state index in [9.17, 15) is 4.79 Å². The summed E-state index contributed by atoms with van der Waals surface area (Å²) in [6.45, 7) is 2.25. The molecule has 0 saturated carbocycles. The number of hydrogen-bond acceptors (Lipinski definition) is 7. The van der Waals surface area contributed by atoms with Gasteiger partial charge in [-0.15, -0.1) is 0 Å². The van der Waals surface area contributed by atoms with Gasteiger partial charge in [0.2, 0.25) is 0 Å². The first-order valence-electron chi connectivity index (χ1n) is 6.87. The highest BCUT2D eigenvalue weighted by molar-refractivity contribution is 6.07. The van der Waals surface area contributed by atoms with Crippen molar-refractivity contribution in [3.8, 4) is 17.5 Å². The van der Waals surface area contributed by atoms with E-state index in [4.69, 9.17) is 19.9 Å². The molecule has 0 aliphatic carbocycles. The molecule has 0 radical (unpaired) electrons. The van der Waals surface area contributed by atoms with Crippen LogP contribution in [0.1, 0.15) is 17.3 Å². The van der Waals surface area contributed by atoms with Crippen LogP contribution in [0.2, 0.25) is 0 Å². The molecule has 1 aromatic carbocycles. The van der Waals surface area contributed by atoms with E-state index < -0.39 is 5.91 Å². The van der Waals surface area contributed by atoms with Gasteiger partial charge >= 0.3 is 6.01 Å². The Morgan fingerprint density at radius 1 is 1.30 bits per heavy atom. The molecule has 1 aromatic heterocycles. The van der Waals surface area contributed by atoms with Gasteiger partial charge in [-0.05, 0) is 19.1 Å². The van der Waals surface area contributed by atoms with Crippen LogP contribution in [0.25, 0.3) is 0 Å². The number of carbonyl (C=O) groups excluding carboxylic acids is 1. The van der Waals surface area contributed by atoms with Crippen molar-refractivity contribution in [2.45, 2.75) is 6.92 Å². The third-order valence-corrected chi connectivity index (χ3v) is 2.96. The molecule has 1 amide bonds. The molecule has 0 unspecified atom stereocenters. The molecule has 0 fully saturated rings. The quantitative estimate of drug-likeness (QED) is 0.834. The van der Waals surface area contributed by atoms with E-state index in [1.807, 2.05) is 6.92 Å². The number of amides is 1. The summed E-state index contributed by atoms with van der Waals surface area (Å²) < 4.78 is 15.5. The fourth-order valence-electron chi connectivity index (χ4n) is 1.85. The number of nitrogens with two attached hydrogens (primary N) is 1. The van der Waals surface area contributed by atoms with E-state index in [0.29, 0.717) is 23.7 Å². The lowest BCUT2D eigenvalue weighted by molar-refractivity contribution is 0.102. The number of nitrogens with zero attached hydrogens (tertiary/aromatic N) is 2. The van der Waals surface area contributed by atoms with Crippen molar-refractivity contribution >= 4 is 17.4 Å². The molecule has 0 bridgehead atoms. The van der Waals surface area contributed by atoms with Gasteiger partial charge in [-0.1, -0.05) is 0 Å². The highest BCUT2D eigenvalue weighted by Gasteiger charge is 2.16. The molecule has 0 spiro atoms. The number of benzene rings is 1. The van der Waals surface area contributed by atoms with Gasteiger partial charge in [0.25, 0.3) is 5.91 Å². The first-order valence-corrected chi connectivity index (χ1v) is 6.87. The van der Waals surface area contributed by atoms with Crippen molar-refractivity contribution in [2.75, 3.05) is 31.9 Å². The number of carbonyl (C=O) groups is 1. The molecular formula is C15H18N4O4. The number of ether oxygens (including phenoxy) is 3. The van der Waals surface area contributed by atoms with E-state index >= 15 is 0 Å². The highest BCUT2D eigenvalue weighted by atomic mass is 16.5. The van der Waals surface area contributed by atoms with Gasteiger partial charge in [-0.3, -0.25) is 4.79 Å². The Balaban J connectivity index is 2.26. The van der Waals surface area contributed by atoms with Crippen molar-refractivity contribution in [2.24, 2.45) is 0 Å². The summed E-state index contributed by atoms with van der Waals surface area (Å²) >= 11 is 0. The minimum absolute atomic E-state index is 0.108. The summed E-state index contributed by atoms with van der Waals surface area (Å²) in [5.74, 6) is 0.725. The molecular weight excluding hydrogens is 300 g/mol. The van der Waals surface area contributed by atoms with Gasteiger partial charge in [-0.25, -0.2) is 4.98 Å². The SMILES string of the molecule is CCOc1cc(OC)ccc1C(=O)Nc1cnc(OC)nc1N. The second kappa shape index (κ2) is 7.30. The Bertz CT molecular complexity index is 706. The van der Waals surface area contributed by atoms with Crippen molar-refractivity contribution < 1.29 is 19.0 Å². The van der Waals surface area contributed by atoms with Crippen LogP contribution in [0.4, 0.5) is 11.5 Å². The normalized spacial score (nSPS) is 10.0. The van der Waals surface area contributed by atoms with Crippen LogP contribution in [0.5, 0.6) is 17.5 Å². The summed E-state index contributed by atoms with van der Waals surface area (Å²) in [6, 6.07) is 5.05. The second-order valence-electron chi connectivity index (χ2n) is 4.40. The van der Waals surface area contributed by atoms with Crippen molar-refractivity contribution in [1.29, 1.82) is 0 Å². The van der Waals surface area contributed by atoms with Crippen LogP contribution in [0, 0.1) is 0 Å². The van der Waals surface area contributed by atoms with E-state index in [-0.39, 0.29) is 17.5 Å². The molecule has 122 valence electrons. The van der Waals surface area contributed by atoms with E-state index in [1.54, 1.807) is 25.3 Å². The summed E-state index contributed by atoms with van der Waals surface area (Å²) in [5, 5.41) is 2.65. The Labute approximate surface area is 133 Å². The Kier molecular flexibility index (Phi) is 5.19. The Hall–Kier alpha value is -3.03. The average Bonchev–Trinajstić information content (AvgIpc) is 2.56. The van der Waals surface area contributed by atoms with Crippen molar-refractivity contribution in [3.63, 3.8) is 0 Å². The van der Waals surface area contributed by atoms with Crippen LogP contribution in [-0.4, -0.2) is 36.7 Å². The average molecular weight is 318 g/mol. The standard InChI is InChI=1S/C15H18N4O4/c1-4-23-12-7-9(21-2)5-6-10(12)14(20)18-11-8-17-15(22-3)19-13(11)16/h5-8H,4H2,1-3H3,(H,18,20)(H2,16,17,19). The van der Waals surface area contributed by atoms with Gasteiger partial charge in [0.15, 0.2) is 5.82 Å². The molecule has 0 aliphatic rings. The molecule has 1 heterocycles. The summed E-state index contributed by atoms with van der Waals surface area (Å²) in [7, 11) is 2.97. The number of methoxy groups -OCH3 is 2. The van der Waals surface area contributed by atoms with Crippen molar-refractivity contribution in [1.82, 2.24) is 9.97 Å². The van der Waals surface area contributed by atoms with Gasteiger partial charge in [-0.2, -0.15) is 4.98 Å². The van der Waals surface area contributed by atoms with Crippen LogP contribution in [0.15, 0.2) is 24.4 Å². The molecule has 2 aromatic rings. The number of aromatic nitrogens is 2. The minimum Gasteiger partial charge on any atom is -0.497 e. The summed E-state index contributed by atoms with van der Waals surface area (Å²) in [6.07, 6.45) is 1.38. The predicted molar refractivity (Wildman–Crippen MR) is 85.1 cm³/mol. The Morgan fingerprint density at radius 3 is 2.70 bits per heavy atom. The van der Waals surface area contributed by atoms with Gasteiger partial charge in [0, 0.05) is 6.07 Å². The van der Waals surface area contributed by atoms with Crippen LogP contribution >= 0.6 is 0 Å². The smallest absolute Gasteiger partial charge is 0.318 e. The largest absolute Gasteiger partial charge is 0.497 e. The van der Waals surface area contributed by atoms with E-state index in [1.165, 1.54) is 13.3 Å². The Morgan fingerprint density at radius 2 is 2.09 bits per heavy atom. The maximum Gasteiger partial charge on any atom is 0.318 e. The zero-order chi connectivity index (χ0) is 16.8. The van der Waals surface area contributed by atoms with Gasteiger partial charge in [0.1, 0.15) is 17.2 Å². The van der Waals surface area contributed by atoms with E-state index in [0.717, 1.165) is 0 Å². The van der Waals surface area contributed by atoms with Crippen LogP contribution in [0.3, 0.4) is 0 Å². The minimum atomic E-state index is -0.392. The number of anilines is 2. The molecule has 23 heavy (non-hydrogen) atoms. The number of nitrogen functional groups attached to an aromatic ring is 1. The maximum absolute atomic E-state index is 12.4. The third kappa shape index (κ3) is 3.79. The zero-order valence-corrected chi connectivity index (χ0v) is 13.1. The summed E-state index contributed by atoms with van der Waals surface area (Å²) in [5.41, 5.74) is 6.40. The lowest BCUT2D eigenvalue weighted by atomic mass is 10.1. The maximum atomic E-state index is 12.4. The molecule has 0 atom stereocenters. The fraction of sp³-hybridized carbons (Fsp3) is 0.267. The van der Waals surface area contributed by atoms with Gasteiger partial charge < -0.3 is 25.3 Å². The molecule has 0 aliphatic heterocycles. The molecule has 8 heteroatoms. The monoisotopic (exact) mass is 318 g/mol. The zero-order valence-electron chi connectivity index (χ0n) is 13.1. The van der Waals surface area contributed by atoms with E-state index in [2.05, 4.69) is 15.3 Å². The number of nitrogens with one attached hydrogen (secondary N) is 1. The van der Waals surface area contributed by atoms with Crippen LogP contribution in [-0.2, 0) is 0 Å². The molecule has 8 nitrogen and oxygen atoms in total. The summed E-state index contributed by atoms with van der Waals surface area (Å²) in [4.78, 5) is 20.3. The molecule has 2 rings (SSSR count). The lowest BCUT2D eigenvalue weighted by Gasteiger charge is -2.12. The molecule has 0 saturated heterocycles. The first-order chi connectivity index (χ1) is 11.1. The third-order valence-electron chi connectivity index (χ3n) is 2.96. The fourth-order valence-corrected chi connectivity index (χ4v) is 1.85. The second-order valence-corrected chi connectivity index (χ2v) is 4.40. The number of hydrogen-bond donors (Lipinski definition) is 2. The van der Waals surface area contributed by atoms with Gasteiger partial charge in [0.05, 0.1) is 32.6 Å². The predicted octanol–water partition coefficient (Wildman–Crippen LogP) is 1.73. The molecule has 3 N–H and O–H groups in total.